The Morgan fingerprint density at radius 2 is 1.70 bits per heavy atom. The molecule has 7 unspecified atom stereocenters. The maximum Gasteiger partial charge on any atom is 0.0497 e. The van der Waals surface area contributed by atoms with Crippen molar-refractivity contribution in [2.24, 2.45) is 46.3 Å². The molecule has 2 aliphatic carbocycles. The van der Waals surface area contributed by atoms with Crippen LogP contribution in [0.1, 0.15) is 60.8 Å². The molecule has 1 aliphatic heterocycles. The second kappa shape index (κ2) is 4.73. The Morgan fingerprint density at radius 3 is 2.35 bits per heavy atom. The van der Waals surface area contributed by atoms with Crippen molar-refractivity contribution < 1.29 is 4.74 Å². The van der Waals surface area contributed by atoms with Gasteiger partial charge in [0.25, 0.3) is 0 Å². The van der Waals surface area contributed by atoms with E-state index in [0.29, 0.717) is 10.8 Å². The highest BCUT2D eigenvalue weighted by atomic mass is 16.5. The summed E-state index contributed by atoms with van der Waals surface area (Å²) in [4.78, 5) is 0. The normalized spacial score (nSPS) is 54.3. The Balaban J connectivity index is 1.93. The van der Waals surface area contributed by atoms with Crippen molar-refractivity contribution in [3.05, 3.63) is 0 Å². The minimum atomic E-state index is 0.512. The summed E-state index contributed by atoms with van der Waals surface area (Å²) >= 11 is 0. The summed E-state index contributed by atoms with van der Waals surface area (Å²) in [7, 11) is 0. The molecule has 0 aromatic carbocycles. The van der Waals surface area contributed by atoms with E-state index in [1.165, 1.54) is 19.3 Å². The highest BCUT2D eigenvalue weighted by Crippen LogP contribution is 2.67. The Hall–Kier alpha value is -0.0400. The summed E-state index contributed by atoms with van der Waals surface area (Å²) in [5.74, 6) is 5.24. The van der Waals surface area contributed by atoms with Gasteiger partial charge in [-0.25, -0.2) is 0 Å². The van der Waals surface area contributed by atoms with Crippen molar-refractivity contribution in [1.82, 2.24) is 0 Å². The first-order valence-electron chi connectivity index (χ1n) is 8.90. The molecule has 1 heterocycles. The summed E-state index contributed by atoms with van der Waals surface area (Å²) in [6, 6.07) is 0. The largest absolute Gasteiger partial charge is 0.381 e. The highest BCUT2D eigenvalue weighted by Gasteiger charge is 2.61. The molecule has 3 rings (SSSR count). The van der Waals surface area contributed by atoms with E-state index in [1.807, 2.05) is 0 Å². The van der Waals surface area contributed by atoms with Crippen molar-refractivity contribution in [2.45, 2.75) is 60.8 Å². The molecule has 1 nitrogen and oxygen atoms in total. The summed E-state index contributed by atoms with van der Waals surface area (Å²) in [5.41, 5.74) is 1.05. The van der Waals surface area contributed by atoms with Crippen molar-refractivity contribution in [3.63, 3.8) is 0 Å². The molecule has 0 aromatic rings. The fourth-order valence-electron chi connectivity index (χ4n) is 6.34. The maximum atomic E-state index is 5.88. The lowest BCUT2D eigenvalue weighted by Crippen LogP contribution is -2.44. The van der Waals surface area contributed by atoms with Gasteiger partial charge in [0, 0.05) is 13.2 Å². The Bertz CT molecular complexity index is 374. The van der Waals surface area contributed by atoms with E-state index in [9.17, 15) is 0 Å². The maximum absolute atomic E-state index is 5.88. The lowest BCUT2D eigenvalue weighted by atomic mass is 9.58. The van der Waals surface area contributed by atoms with Crippen LogP contribution in [0.5, 0.6) is 0 Å². The van der Waals surface area contributed by atoms with Crippen LogP contribution >= 0.6 is 0 Å². The standard InChI is InChI=1S/C19H34O/c1-7-19(6)13(3)18(4,5)16-9-15-12(2)10-20-11-14(15)8-17(16)19/h12-17H,7-11H2,1-6H3. The van der Waals surface area contributed by atoms with Crippen molar-refractivity contribution >= 4 is 0 Å². The van der Waals surface area contributed by atoms with Gasteiger partial charge in [0.05, 0.1) is 0 Å². The van der Waals surface area contributed by atoms with Gasteiger partial charge in [-0.3, -0.25) is 0 Å². The van der Waals surface area contributed by atoms with E-state index in [4.69, 9.17) is 4.74 Å². The zero-order valence-corrected chi connectivity index (χ0v) is 14.4. The lowest BCUT2D eigenvalue weighted by Gasteiger charge is -2.49. The third kappa shape index (κ3) is 1.84. The van der Waals surface area contributed by atoms with E-state index in [1.54, 1.807) is 0 Å². The van der Waals surface area contributed by atoms with E-state index in [2.05, 4.69) is 41.5 Å². The summed E-state index contributed by atoms with van der Waals surface area (Å²) < 4.78 is 5.88. The van der Waals surface area contributed by atoms with E-state index in [0.717, 1.165) is 48.7 Å². The zero-order valence-electron chi connectivity index (χ0n) is 14.4. The predicted octanol–water partition coefficient (Wildman–Crippen LogP) is 5.00. The fraction of sp³-hybridized carbons (Fsp3) is 1.00. The first-order chi connectivity index (χ1) is 9.32. The monoisotopic (exact) mass is 278 g/mol. The summed E-state index contributed by atoms with van der Waals surface area (Å²) in [6.07, 6.45) is 4.23. The minimum Gasteiger partial charge on any atom is -0.381 e. The smallest absolute Gasteiger partial charge is 0.0497 e. The first-order valence-corrected chi connectivity index (χ1v) is 8.90. The third-order valence-corrected chi connectivity index (χ3v) is 8.29. The average Bonchev–Trinajstić information content (AvgIpc) is 2.58. The molecule has 116 valence electrons. The van der Waals surface area contributed by atoms with E-state index >= 15 is 0 Å². The van der Waals surface area contributed by atoms with E-state index in [-0.39, 0.29) is 0 Å². The molecule has 0 radical (unpaired) electrons. The van der Waals surface area contributed by atoms with Crippen LogP contribution in [0.25, 0.3) is 0 Å². The predicted molar refractivity (Wildman–Crippen MR) is 84.5 cm³/mol. The number of ether oxygens (including phenoxy) is 1. The molecule has 2 saturated carbocycles. The van der Waals surface area contributed by atoms with E-state index < -0.39 is 0 Å². The molecule has 3 fully saturated rings. The molecule has 0 aromatic heterocycles. The molecule has 0 spiro atoms. The van der Waals surface area contributed by atoms with Gasteiger partial charge in [0.2, 0.25) is 0 Å². The Labute approximate surface area is 125 Å². The average molecular weight is 278 g/mol. The van der Waals surface area contributed by atoms with Gasteiger partial charge in [0.15, 0.2) is 0 Å². The third-order valence-electron chi connectivity index (χ3n) is 8.29. The van der Waals surface area contributed by atoms with Crippen LogP contribution in [0, 0.1) is 46.3 Å². The second-order valence-corrected chi connectivity index (χ2v) is 9.03. The zero-order chi connectivity index (χ0) is 14.7. The number of hydrogen-bond donors (Lipinski definition) is 0. The van der Waals surface area contributed by atoms with Gasteiger partial charge in [-0.2, -0.15) is 0 Å². The summed E-state index contributed by atoms with van der Waals surface area (Å²) in [6.45, 7) is 17.1. The fourth-order valence-corrected chi connectivity index (χ4v) is 6.34. The van der Waals surface area contributed by atoms with Crippen LogP contribution < -0.4 is 0 Å². The van der Waals surface area contributed by atoms with Gasteiger partial charge >= 0.3 is 0 Å². The van der Waals surface area contributed by atoms with Crippen LogP contribution in [-0.2, 0) is 4.74 Å². The lowest BCUT2D eigenvalue weighted by molar-refractivity contribution is -0.0795. The summed E-state index contributed by atoms with van der Waals surface area (Å²) in [5, 5.41) is 0. The van der Waals surface area contributed by atoms with Crippen LogP contribution in [0.4, 0.5) is 0 Å². The van der Waals surface area contributed by atoms with Crippen LogP contribution in [0.15, 0.2) is 0 Å². The molecule has 0 N–H and O–H groups in total. The molecular formula is C19H34O. The van der Waals surface area contributed by atoms with Gasteiger partial charge in [-0.1, -0.05) is 48.0 Å². The quantitative estimate of drug-likeness (QED) is 0.655. The van der Waals surface area contributed by atoms with Gasteiger partial charge in [0.1, 0.15) is 0 Å². The van der Waals surface area contributed by atoms with Gasteiger partial charge in [-0.15, -0.1) is 0 Å². The van der Waals surface area contributed by atoms with Crippen LogP contribution in [0.3, 0.4) is 0 Å². The first kappa shape index (κ1) is 14.9. The van der Waals surface area contributed by atoms with Crippen molar-refractivity contribution in [1.29, 1.82) is 0 Å². The minimum absolute atomic E-state index is 0.512. The number of fused-ring (bicyclic) bond motifs is 2. The molecule has 0 bridgehead atoms. The van der Waals surface area contributed by atoms with Crippen molar-refractivity contribution in [2.75, 3.05) is 13.2 Å². The molecule has 20 heavy (non-hydrogen) atoms. The molecular weight excluding hydrogens is 244 g/mol. The van der Waals surface area contributed by atoms with Crippen LogP contribution in [-0.4, -0.2) is 13.2 Å². The number of hydrogen-bond acceptors (Lipinski definition) is 1. The molecule has 7 atom stereocenters. The molecule has 1 heteroatoms. The molecule has 0 amide bonds. The SMILES string of the molecule is CCC1(C)C2CC3COCC(C)C3CC2C(C)(C)C1C. The Kier molecular flexibility index (Phi) is 3.52. The Morgan fingerprint density at radius 1 is 1.00 bits per heavy atom. The molecule has 1 saturated heterocycles. The highest BCUT2D eigenvalue weighted by molar-refractivity contribution is 5.09. The van der Waals surface area contributed by atoms with Gasteiger partial charge < -0.3 is 4.74 Å². The molecule has 3 aliphatic rings. The van der Waals surface area contributed by atoms with Gasteiger partial charge in [-0.05, 0) is 59.2 Å². The second-order valence-electron chi connectivity index (χ2n) is 9.03. The number of rotatable bonds is 1. The topological polar surface area (TPSA) is 9.23 Å². The van der Waals surface area contributed by atoms with Crippen LogP contribution in [0.2, 0.25) is 0 Å². The van der Waals surface area contributed by atoms with Crippen molar-refractivity contribution in [3.8, 4) is 0 Å².